The summed E-state index contributed by atoms with van der Waals surface area (Å²) < 4.78 is 34.4. The summed E-state index contributed by atoms with van der Waals surface area (Å²) >= 11 is 2.92. The van der Waals surface area contributed by atoms with Gasteiger partial charge in [-0.1, -0.05) is 57.2 Å². The van der Waals surface area contributed by atoms with Gasteiger partial charge < -0.3 is 59.3 Å². The molecule has 0 bridgehead atoms. The molecule has 22 heteroatoms. The third-order valence-corrected chi connectivity index (χ3v) is 16.1. The zero-order chi connectivity index (χ0) is 61.2. The van der Waals surface area contributed by atoms with E-state index in [0.29, 0.717) is 85.6 Å². The summed E-state index contributed by atoms with van der Waals surface area (Å²) in [6.45, 7) is 12.1. The van der Waals surface area contributed by atoms with Crippen LogP contribution in [0.25, 0.3) is 31.0 Å². The Morgan fingerprint density at radius 3 is 1.98 bits per heavy atom. The summed E-state index contributed by atoms with van der Waals surface area (Å²) in [5.41, 5.74) is 8.90. The zero-order valence-electron chi connectivity index (χ0n) is 48.6. The van der Waals surface area contributed by atoms with Crippen molar-refractivity contribution in [3.8, 4) is 38.1 Å². The number of aryl methyl sites for hydroxylation is 1. The summed E-state index contributed by atoms with van der Waals surface area (Å²) in [4.78, 5) is 75.3. The number of carbonyl (C=O) groups excluding carboxylic acids is 5. The van der Waals surface area contributed by atoms with Crippen molar-refractivity contribution in [1.82, 2.24) is 25.9 Å². The standard InChI is InChI=1S/C64H72N6O14S2/c1-40(43-11-13-44(14-12-43)58-41(2)65-39-85-58)67-62(77)53-34-50(73)37-70(53)63(78)60(64(3,4)5)68-55(74)38-83-30-29-81-26-25-79-23-24-80-27-28-82-31-32-84-51-20-9-42(10-21-51)36-66-69-61(76)47-8-6-7-46(33-47)57(75)56-52-22-19-49(72)35-54(52)86-59(56)45-15-17-48(71)18-16-45/h6-22,33,35-36,39-40,50,53,60,71-73H,23-32,34,37-38H2,1-5H3,(H,67,77)(H,68,74)(H,69,76)/b66-36+/t40-,50+,53-,60+/m0/s1. The van der Waals surface area contributed by atoms with E-state index >= 15 is 0 Å². The van der Waals surface area contributed by atoms with Gasteiger partial charge in [0.15, 0.2) is 5.78 Å². The molecular formula is C64H72N6O14S2. The van der Waals surface area contributed by atoms with Gasteiger partial charge in [-0.3, -0.25) is 24.0 Å². The number of aliphatic hydroxyl groups excluding tert-OH is 1. The van der Waals surface area contributed by atoms with Crippen molar-refractivity contribution >= 4 is 68.4 Å². The number of ketones is 1. The molecule has 4 atom stereocenters. The van der Waals surface area contributed by atoms with Gasteiger partial charge >= 0.3 is 0 Å². The van der Waals surface area contributed by atoms with E-state index in [4.69, 9.17) is 28.4 Å². The Hall–Kier alpha value is -7.93. The number of hydrogen-bond acceptors (Lipinski definition) is 18. The molecule has 5 aromatic carbocycles. The Balaban J connectivity index is 0.637. The normalized spacial score (nSPS) is 15.0. The topological polar surface area (TPSA) is 266 Å². The first-order valence-electron chi connectivity index (χ1n) is 28.2. The predicted octanol–water partition coefficient (Wildman–Crippen LogP) is 8.24. The molecule has 7 aromatic rings. The first-order chi connectivity index (χ1) is 41.4. The second-order valence-electron chi connectivity index (χ2n) is 21.4. The Morgan fingerprint density at radius 1 is 0.733 bits per heavy atom. The number of amides is 4. The van der Waals surface area contributed by atoms with Crippen molar-refractivity contribution in [2.75, 3.05) is 79.2 Å². The van der Waals surface area contributed by atoms with Crippen LogP contribution >= 0.6 is 22.7 Å². The number of thiazole rings is 1. The van der Waals surface area contributed by atoms with Crippen LogP contribution in [0.4, 0.5) is 0 Å². The number of nitrogens with one attached hydrogen (secondary N) is 3. The molecule has 6 N–H and O–H groups in total. The molecule has 0 aliphatic carbocycles. The summed E-state index contributed by atoms with van der Waals surface area (Å²) in [5.74, 6) is -1.35. The average molecular weight is 1210 g/mol. The molecule has 4 amide bonds. The minimum absolute atomic E-state index is 0.0352. The number of nitrogens with zero attached hydrogens (tertiary/aromatic N) is 3. The number of aliphatic hydroxyl groups is 1. The minimum atomic E-state index is -0.988. The number of phenolic OH excluding ortho intramolecular Hbond substituents is 2. The van der Waals surface area contributed by atoms with Crippen LogP contribution in [0.3, 0.4) is 0 Å². The first kappa shape index (κ1) is 64.1. The number of benzene rings is 5. The molecule has 1 fully saturated rings. The Kier molecular flexibility index (Phi) is 23.0. The number of rotatable bonds is 30. The van der Waals surface area contributed by atoms with E-state index in [0.717, 1.165) is 32.0 Å². The monoisotopic (exact) mass is 1210 g/mol. The molecule has 0 radical (unpaired) electrons. The van der Waals surface area contributed by atoms with Crippen LogP contribution in [0.2, 0.25) is 0 Å². The molecule has 0 spiro atoms. The number of ether oxygens (including phenoxy) is 6. The van der Waals surface area contributed by atoms with Crippen molar-refractivity contribution < 1.29 is 67.7 Å². The van der Waals surface area contributed by atoms with Crippen LogP contribution in [-0.4, -0.2) is 158 Å². The fourth-order valence-corrected chi connectivity index (χ4v) is 11.5. The minimum Gasteiger partial charge on any atom is -0.508 e. The molecule has 1 saturated heterocycles. The van der Waals surface area contributed by atoms with E-state index in [9.17, 15) is 39.3 Å². The van der Waals surface area contributed by atoms with Gasteiger partial charge in [-0.2, -0.15) is 5.10 Å². The van der Waals surface area contributed by atoms with E-state index in [1.807, 2.05) is 64.4 Å². The van der Waals surface area contributed by atoms with E-state index in [1.54, 1.807) is 90.2 Å². The lowest BCUT2D eigenvalue weighted by Gasteiger charge is -2.35. The third-order valence-electron chi connectivity index (χ3n) is 14.0. The molecule has 0 saturated carbocycles. The lowest BCUT2D eigenvalue weighted by Crippen LogP contribution is -2.58. The maximum absolute atomic E-state index is 14.1. The number of carbonyl (C=O) groups is 5. The van der Waals surface area contributed by atoms with Crippen LogP contribution in [0.1, 0.15) is 83.3 Å². The van der Waals surface area contributed by atoms with Gasteiger partial charge in [0.1, 0.15) is 42.5 Å². The van der Waals surface area contributed by atoms with Crippen molar-refractivity contribution in [2.24, 2.45) is 10.5 Å². The van der Waals surface area contributed by atoms with E-state index in [-0.39, 0.29) is 67.6 Å². The number of phenols is 2. The maximum Gasteiger partial charge on any atom is 0.271 e. The third kappa shape index (κ3) is 17.8. The highest BCUT2D eigenvalue weighted by molar-refractivity contribution is 7.22. The maximum atomic E-state index is 14.1. The summed E-state index contributed by atoms with van der Waals surface area (Å²) in [5, 5.41) is 41.2. The number of hydrogen-bond donors (Lipinski definition) is 6. The van der Waals surface area contributed by atoms with Gasteiger partial charge in [-0.25, -0.2) is 10.4 Å². The number of aromatic nitrogens is 1. The fourth-order valence-electron chi connectivity index (χ4n) is 9.43. The van der Waals surface area contributed by atoms with Gasteiger partial charge in [0.2, 0.25) is 17.7 Å². The molecule has 20 nitrogen and oxygen atoms in total. The lowest BCUT2D eigenvalue weighted by molar-refractivity contribution is -0.144. The molecule has 3 heterocycles. The Labute approximate surface area is 507 Å². The Morgan fingerprint density at radius 2 is 1.34 bits per heavy atom. The lowest BCUT2D eigenvalue weighted by atomic mass is 9.85. The molecule has 0 unspecified atom stereocenters. The summed E-state index contributed by atoms with van der Waals surface area (Å²) in [7, 11) is 0. The van der Waals surface area contributed by atoms with Crippen molar-refractivity contribution in [2.45, 2.75) is 65.3 Å². The fraction of sp³-hybridized carbons (Fsp3) is 0.359. The zero-order valence-corrected chi connectivity index (χ0v) is 50.2. The van der Waals surface area contributed by atoms with Gasteiger partial charge in [0, 0.05) is 44.6 Å². The molecule has 1 aliphatic rings. The second kappa shape index (κ2) is 30.9. The molecule has 86 heavy (non-hydrogen) atoms. The van der Waals surface area contributed by atoms with E-state index in [2.05, 4.69) is 26.1 Å². The predicted molar refractivity (Wildman–Crippen MR) is 328 cm³/mol. The summed E-state index contributed by atoms with van der Waals surface area (Å²) in [6.07, 6.45) is 0.678. The van der Waals surface area contributed by atoms with Gasteiger partial charge in [-0.15, -0.1) is 22.7 Å². The first-order valence-corrected chi connectivity index (χ1v) is 29.9. The van der Waals surface area contributed by atoms with Crippen molar-refractivity contribution in [3.05, 3.63) is 154 Å². The van der Waals surface area contributed by atoms with Crippen molar-refractivity contribution in [1.29, 1.82) is 0 Å². The summed E-state index contributed by atoms with van der Waals surface area (Å²) in [6, 6.07) is 30.5. The number of thiophene rings is 1. The van der Waals surface area contributed by atoms with Gasteiger partial charge in [0.05, 0.1) is 93.9 Å². The van der Waals surface area contributed by atoms with E-state index in [1.165, 1.54) is 34.6 Å². The Bertz CT molecular complexity index is 3440. The van der Waals surface area contributed by atoms with E-state index < -0.39 is 41.3 Å². The highest BCUT2D eigenvalue weighted by Gasteiger charge is 2.45. The van der Waals surface area contributed by atoms with Crippen LogP contribution in [0, 0.1) is 12.3 Å². The molecule has 1 aliphatic heterocycles. The van der Waals surface area contributed by atoms with Crippen LogP contribution in [-0.2, 0) is 38.1 Å². The SMILES string of the molecule is Cc1ncsc1-c1ccc([C@H](C)NC(=O)[C@@H]2C[C@@H](O)CN2C(=O)[C@@H](NC(=O)COCCOCCOCCOCCOCCOc2ccc(/C=N/NC(=O)c3cccc(C(=O)c4c(-c5ccc(O)cc5)sc5cc(O)ccc45)c3)cc2)C(C)(C)C)cc1. The van der Waals surface area contributed by atoms with Crippen LogP contribution in [0.15, 0.2) is 126 Å². The average Bonchev–Trinajstić information content (AvgIpc) is 2.54. The highest BCUT2D eigenvalue weighted by atomic mass is 32.1. The highest BCUT2D eigenvalue weighted by Crippen LogP contribution is 2.42. The van der Waals surface area contributed by atoms with Crippen LogP contribution in [0.5, 0.6) is 17.2 Å². The number of likely N-dealkylation sites (tertiary alicyclic amines) is 1. The molecule has 2 aromatic heterocycles. The number of β-amino-alcohol motifs (C(OH)–C–C–N with tert-alkyl or cyclic N) is 1. The van der Waals surface area contributed by atoms with Gasteiger partial charge in [-0.05, 0) is 120 Å². The largest absolute Gasteiger partial charge is 0.508 e. The number of fused-ring (bicyclic) bond motifs is 1. The molecule has 454 valence electrons. The van der Waals surface area contributed by atoms with Gasteiger partial charge in [0.25, 0.3) is 5.91 Å². The number of aromatic hydroxyl groups is 2. The quantitative estimate of drug-likeness (QED) is 0.0107. The molecular weight excluding hydrogens is 1140 g/mol. The number of hydrazone groups is 1. The molecule has 8 rings (SSSR count). The second-order valence-corrected chi connectivity index (χ2v) is 23.4. The van der Waals surface area contributed by atoms with Crippen molar-refractivity contribution in [3.63, 3.8) is 0 Å². The van der Waals surface area contributed by atoms with Crippen LogP contribution < -0.4 is 20.8 Å². The smallest absolute Gasteiger partial charge is 0.271 e.